The van der Waals surface area contributed by atoms with E-state index in [2.05, 4.69) is 41.8 Å². The van der Waals surface area contributed by atoms with Crippen molar-refractivity contribution in [2.75, 3.05) is 13.2 Å². The number of hydrogen-bond acceptors (Lipinski definition) is 3. The van der Waals surface area contributed by atoms with Crippen LogP contribution < -0.4 is 15.4 Å². The molecule has 1 aromatic carbocycles. The van der Waals surface area contributed by atoms with E-state index in [1.165, 1.54) is 36.8 Å². The summed E-state index contributed by atoms with van der Waals surface area (Å²) in [5.41, 5.74) is 3.32. The standard InChI is InChI=1S/C24H36N2O2S/c1-18-11-12-19(2)21(17-18)28-16-8-14-24(3,4)22(27)26-23(29)25-15-13-20-9-6-5-7-10-20/h9,11-12,17H,5-8,10,13-16H2,1-4H3,(H2,25,26,27,29). The molecule has 2 rings (SSSR count). The summed E-state index contributed by atoms with van der Waals surface area (Å²) in [4.78, 5) is 12.6. The summed E-state index contributed by atoms with van der Waals surface area (Å²) in [6.45, 7) is 9.38. The molecule has 1 amide bonds. The van der Waals surface area contributed by atoms with E-state index < -0.39 is 5.41 Å². The molecular formula is C24H36N2O2S. The lowest BCUT2D eigenvalue weighted by Gasteiger charge is -2.24. The molecule has 0 fully saturated rings. The Labute approximate surface area is 181 Å². The third-order valence-corrected chi connectivity index (χ3v) is 5.75. The number of carbonyl (C=O) groups is 1. The summed E-state index contributed by atoms with van der Waals surface area (Å²) in [6.07, 6.45) is 9.85. The van der Waals surface area contributed by atoms with Crippen LogP contribution in [-0.2, 0) is 4.79 Å². The third kappa shape index (κ3) is 8.17. The summed E-state index contributed by atoms with van der Waals surface area (Å²) in [7, 11) is 0. The molecule has 0 saturated carbocycles. The first-order valence-corrected chi connectivity index (χ1v) is 11.2. The fourth-order valence-electron chi connectivity index (χ4n) is 3.46. The lowest BCUT2D eigenvalue weighted by atomic mass is 9.87. The van der Waals surface area contributed by atoms with Crippen molar-refractivity contribution in [2.45, 2.75) is 72.6 Å². The molecule has 0 aromatic heterocycles. The molecule has 2 N–H and O–H groups in total. The van der Waals surface area contributed by atoms with E-state index in [-0.39, 0.29) is 5.91 Å². The Morgan fingerprint density at radius 2 is 2.03 bits per heavy atom. The van der Waals surface area contributed by atoms with Gasteiger partial charge in [-0.3, -0.25) is 4.79 Å². The SMILES string of the molecule is Cc1ccc(C)c(OCCCC(C)(C)C(=O)NC(=S)NCCC2=CCCCC2)c1. The summed E-state index contributed by atoms with van der Waals surface area (Å²) >= 11 is 5.30. The fraction of sp³-hybridized carbons (Fsp3) is 0.583. The maximum atomic E-state index is 12.6. The minimum atomic E-state index is -0.497. The second-order valence-corrected chi connectivity index (χ2v) is 9.08. The van der Waals surface area contributed by atoms with Crippen molar-refractivity contribution in [1.82, 2.24) is 10.6 Å². The average molecular weight is 417 g/mol. The molecule has 0 radical (unpaired) electrons. The third-order valence-electron chi connectivity index (χ3n) is 5.51. The number of benzene rings is 1. The molecule has 5 heteroatoms. The molecule has 0 spiro atoms. The van der Waals surface area contributed by atoms with E-state index in [9.17, 15) is 4.79 Å². The molecule has 160 valence electrons. The Hall–Kier alpha value is -1.88. The minimum Gasteiger partial charge on any atom is -0.493 e. The number of ether oxygens (including phenoxy) is 1. The second-order valence-electron chi connectivity index (χ2n) is 8.67. The first-order chi connectivity index (χ1) is 13.8. The van der Waals surface area contributed by atoms with Gasteiger partial charge in [0.05, 0.1) is 6.61 Å². The van der Waals surface area contributed by atoms with Gasteiger partial charge in [-0.2, -0.15) is 0 Å². The van der Waals surface area contributed by atoms with Gasteiger partial charge < -0.3 is 15.4 Å². The Morgan fingerprint density at radius 1 is 1.24 bits per heavy atom. The van der Waals surface area contributed by atoms with E-state index in [1.807, 2.05) is 20.8 Å². The molecule has 4 nitrogen and oxygen atoms in total. The highest BCUT2D eigenvalue weighted by Gasteiger charge is 2.27. The van der Waals surface area contributed by atoms with E-state index in [0.29, 0.717) is 11.7 Å². The van der Waals surface area contributed by atoms with E-state index in [1.54, 1.807) is 0 Å². The smallest absolute Gasteiger partial charge is 0.231 e. The van der Waals surface area contributed by atoms with Gasteiger partial charge in [0.1, 0.15) is 5.75 Å². The van der Waals surface area contributed by atoms with Gasteiger partial charge in [-0.05, 0) is 88.2 Å². The van der Waals surface area contributed by atoms with Crippen molar-refractivity contribution in [3.05, 3.63) is 41.0 Å². The van der Waals surface area contributed by atoms with Crippen LogP contribution in [0.3, 0.4) is 0 Å². The highest BCUT2D eigenvalue weighted by atomic mass is 32.1. The van der Waals surface area contributed by atoms with Crippen molar-refractivity contribution in [2.24, 2.45) is 5.41 Å². The zero-order chi connectivity index (χ0) is 21.3. The molecule has 0 aliphatic heterocycles. The number of hydrogen-bond donors (Lipinski definition) is 2. The fourth-order valence-corrected chi connectivity index (χ4v) is 3.65. The Kier molecular flexibility index (Phi) is 9.15. The summed E-state index contributed by atoms with van der Waals surface area (Å²) in [6, 6.07) is 6.21. The van der Waals surface area contributed by atoms with Crippen LogP contribution >= 0.6 is 12.2 Å². The highest BCUT2D eigenvalue weighted by molar-refractivity contribution is 7.80. The number of aryl methyl sites for hydroxylation is 2. The summed E-state index contributed by atoms with van der Waals surface area (Å²) in [5, 5.41) is 6.44. The molecule has 0 bridgehead atoms. The zero-order valence-electron chi connectivity index (χ0n) is 18.4. The number of nitrogens with one attached hydrogen (secondary N) is 2. The lowest BCUT2D eigenvalue weighted by Crippen LogP contribution is -2.45. The van der Waals surface area contributed by atoms with Gasteiger partial charge in [0.25, 0.3) is 0 Å². The predicted molar refractivity (Wildman–Crippen MR) is 124 cm³/mol. The van der Waals surface area contributed by atoms with Crippen LogP contribution in [0.5, 0.6) is 5.75 Å². The van der Waals surface area contributed by atoms with Crippen LogP contribution in [0.15, 0.2) is 29.8 Å². The maximum absolute atomic E-state index is 12.6. The van der Waals surface area contributed by atoms with Crippen molar-refractivity contribution >= 4 is 23.2 Å². The highest BCUT2D eigenvalue weighted by Crippen LogP contribution is 2.24. The van der Waals surface area contributed by atoms with Crippen LogP contribution in [0.1, 0.15) is 69.9 Å². The van der Waals surface area contributed by atoms with Crippen LogP contribution in [-0.4, -0.2) is 24.2 Å². The van der Waals surface area contributed by atoms with Crippen LogP contribution in [0.4, 0.5) is 0 Å². The van der Waals surface area contributed by atoms with Gasteiger partial charge in [-0.1, -0.05) is 37.6 Å². The molecule has 0 saturated heterocycles. The molecule has 0 atom stereocenters. The van der Waals surface area contributed by atoms with Crippen molar-refractivity contribution in [3.63, 3.8) is 0 Å². The number of rotatable bonds is 9. The van der Waals surface area contributed by atoms with Gasteiger partial charge >= 0.3 is 0 Å². The van der Waals surface area contributed by atoms with Gasteiger partial charge in [-0.25, -0.2) is 0 Å². The summed E-state index contributed by atoms with van der Waals surface area (Å²) < 4.78 is 5.91. The zero-order valence-corrected chi connectivity index (χ0v) is 19.2. The predicted octanol–water partition coefficient (Wildman–Crippen LogP) is 5.37. The number of amides is 1. The molecule has 1 aliphatic carbocycles. The van der Waals surface area contributed by atoms with E-state index in [0.717, 1.165) is 37.1 Å². The second kappa shape index (κ2) is 11.3. The Bertz CT molecular complexity index is 740. The Morgan fingerprint density at radius 3 is 2.76 bits per heavy atom. The number of allylic oxidation sites excluding steroid dienone is 1. The van der Waals surface area contributed by atoms with Crippen LogP contribution in [0.2, 0.25) is 0 Å². The van der Waals surface area contributed by atoms with Gasteiger partial charge in [0, 0.05) is 12.0 Å². The van der Waals surface area contributed by atoms with Crippen molar-refractivity contribution < 1.29 is 9.53 Å². The number of carbonyl (C=O) groups excluding carboxylic acids is 1. The molecule has 1 aromatic rings. The average Bonchev–Trinajstić information content (AvgIpc) is 2.68. The monoisotopic (exact) mass is 416 g/mol. The molecule has 29 heavy (non-hydrogen) atoms. The first-order valence-electron chi connectivity index (χ1n) is 10.8. The van der Waals surface area contributed by atoms with Gasteiger partial charge in [-0.15, -0.1) is 0 Å². The largest absolute Gasteiger partial charge is 0.493 e. The maximum Gasteiger partial charge on any atom is 0.231 e. The van der Waals surface area contributed by atoms with Crippen molar-refractivity contribution in [3.8, 4) is 5.75 Å². The van der Waals surface area contributed by atoms with Crippen LogP contribution in [0, 0.1) is 19.3 Å². The van der Waals surface area contributed by atoms with E-state index in [4.69, 9.17) is 17.0 Å². The normalized spacial score (nSPS) is 14.1. The molecule has 0 heterocycles. The van der Waals surface area contributed by atoms with E-state index >= 15 is 0 Å². The van der Waals surface area contributed by atoms with Crippen LogP contribution in [0.25, 0.3) is 0 Å². The lowest BCUT2D eigenvalue weighted by molar-refractivity contribution is -0.128. The number of thiocarbonyl (C=S) groups is 1. The van der Waals surface area contributed by atoms with Gasteiger partial charge in [0.2, 0.25) is 5.91 Å². The quantitative estimate of drug-likeness (QED) is 0.323. The van der Waals surface area contributed by atoms with Gasteiger partial charge in [0.15, 0.2) is 5.11 Å². The molecular weight excluding hydrogens is 380 g/mol. The first kappa shape index (κ1) is 23.4. The Balaban J connectivity index is 1.67. The summed E-state index contributed by atoms with van der Waals surface area (Å²) in [5.74, 6) is 0.879. The van der Waals surface area contributed by atoms with Crippen molar-refractivity contribution in [1.29, 1.82) is 0 Å². The topological polar surface area (TPSA) is 50.4 Å². The molecule has 0 unspecified atom stereocenters. The molecule has 1 aliphatic rings. The minimum absolute atomic E-state index is 0.0429.